The smallest absolute Gasteiger partial charge is 0.449 e. The van der Waals surface area contributed by atoms with Crippen LogP contribution in [0, 0.1) is 5.92 Å². The molecule has 1 saturated carbocycles. The summed E-state index contributed by atoms with van der Waals surface area (Å²) in [4.78, 5) is 26.4. The van der Waals surface area contributed by atoms with Crippen LogP contribution in [0.25, 0.3) is 10.4 Å². The summed E-state index contributed by atoms with van der Waals surface area (Å²) >= 11 is 1.09. The summed E-state index contributed by atoms with van der Waals surface area (Å²) in [5.41, 5.74) is 0.819. The molecule has 0 radical (unpaired) electrons. The second-order valence-electron chi connectivity index (χ2n) is 7.41. The third kappa shape index (κ3) is 4.94. The molecule has 1 fully saturated rings. The summed E-state index contributed by atoms with van der Waals surface area (Å²) in [5, 5.41) is 9.22. The number of thiophene rings is 1. The number of carbonyl (C=O) groups is 2. The molecule has 1 aliphatic rings. The quantitative estimate of drug-likeness (QED) is 0.430. The van der Waals surface area contributed by atoms with Gasteiger partial charge in [0.25, 0.3) is 0 Å². The van der Waals surface area contributed by atoms with Crippen molar-refractivity contribution in [2.24, 2.45) is 5.92 Å². The molecule has 0 unspecified atom stereocenters. The van der Waals surface area contributed by atoms with Gasteiger partial charge in [0.2, 0.25) is 11.0 Å². The van der Waals surface area contributed by atoms with Crippen molar-refractivity contribution in [1.29, 1.82) is 0 Å². The number of carboxylic acid groups (broad SMARTS) is 1. The third-order valence-electron chi connectivity index (χ3n) is 5.02. The van der Waals surface area contributed by atoms with Gasteiger partial charge in [0, 0.05) is 10.8 Å². The van der Waals surface area contributed by atoms with Crippen molar-refractivity contribution in [3.63, 3.8) is 0 Å². The summed E-state index contributed by atoms with van der Waals surface area (Å²) in [5.74, 6) is -0.403. The lowest BCUT2D eigenvalue weighted by Gasteiger charge is -2.23. The van der Waals surface area contributed by atoms with Gasteiger partial charge >= 0.3 is 12.3 Å². The van der Waals surface area contributed by atoms with Gasteiger partial charge < -0.3 is 14.7 Å². The van der Waals surface area contributed by atoms with E-state index in [1.807, 2.05) is 30.3 Å². The second-order valence-corrected chi connectivity index (χ2v) is 8.43. The van der Waals surface area contributed by atoms with Gasteiger partial charge in [0.05, 0.1) is 17.8 Å². The molecule has 0 bridgehead atoms. The molecule has 1 aliphatic carbocycles. The molecule has 166 valence electrons. The SMILES string of the molecule is O=C(O)Oc1sc(-c2ccccc2)cc1N(Cc1ccc(C(F)(F)F)cc1)C(=O)C1CC1. The lowest BCUT2D eigenvalue weighted by atomic mass is 10.1. The van der Waals surface area contributed by atoms with Crippen molar-refractivity contribution < 1.29 is 32.6 Å². The Morgan fingerprint density at radius 2 is 1.72 bits per heavy atom. The molecule has 2 aromatic carbocycles. The van der Waals surface area contributed by atoms with Crippen molar-refractivity contribution in [3.05, 3.63) is 71.8 Å². The van der Waals surface area contributed by atoms with Crippen LogP contribution in [-0.4, -0.2) is 17.2 Å². The standard InChI is InChI=1S/C23H18F3NO4S/c24-23(25,26)17-10-6-14(7-11-17)13-27(20(28)16-8-9-16)18-12-19(15-4-2-1-3-5-15)32-21(18)31-22(29)30/h1-7,10-12,16H,8-9,13H2,(H,29,30). The predicted molar refractivity (Wildman–Crippen MR) is 114 cm³/mol. The highest BCUT2D eigenvalue weighted by Gasteiger charge is 2.36. The second kappa shape index (κ2) is 8.66. The summed E-state index contributed by atoms with van der Waals surface area (Å²) in [6, 6.07) is 15.5. The van der Waals surface area contributed by atoms with E-state index in [4.69, 9.17) is 4.74 Å². The first-order chi connectivity index (χ1) is 15.2. The molecular weight excluding hydrogens is 443 g/mol. The molecule has 0 saturated heterocycles. The van der Waals surface area contributed by atoms with Gasteiger partial charge in [-0.15, -0.1) is 0 Å². The topological polar surface area (TPSA) is 66.8 Å². The van der Waals surface area contributed by atoms with E-state index in [-0.39, 0.29) is 29.1 Å². The maximum Gasteiger partial charge on any atom is 0.512 e. The minimum Gasteiger partial charge on any atom is -0.449 e. The number of nitrogens with zero attached hydrogens (tertiary/aromatic N) is 1. The number of ether oxygens (including phenoxy) is 1. The molecule has 1 aromatic heterocycles. The maximum absolute atomic E-state index is 13.1. The van der Waals surface area contributed by atoms with Crippen molar-refractivity contribution in [2.75, 3.05) is 4.90 Å². The Morgan fingerprint density at radius 3 is 2.28 bits per heavy atom. The molecule has 3 aromatic rings. The van der Waals surface area contributed by atoms with E-state index >= 15 is 0 Å². The zero-order chi connectivity index (χ0) is 22.9. The van der Waals surface area contributed by atoms with Gasteiger partial charge in [-0.3, -0.25) is 4.79 Å². The number of alkyl halides is 3. The molecule has 32 heavy (non-hydrogen) atoms. The number of rotatable bonds is 6. The minimum absolute atomic E-state index is 0.00554. The van der Waals surface area contributed by atoms with Crippen LogP contribution in [-0.2, 0) is 17.5 Å². The Morgan fingerprint density at radius 1 is 1.06 bits per heavy atom. The van der Waals surface area contributed by atoms with Crippen LogP contribution in [0.2, 0.25) is 0 Å². The molecule has 5 nitrogen and oxygen atoms in total. The fraction of sp³-hybridized carbons (Fsp3) is 0.217. The number of hydrogen-bond donors (Lipinski definition) is 1. The Bertz CT molecular complexity index is 1120. The Hall–Kier alpha value is -3.33. The van der Waals surface area contributed by atoms with E-state index in [2.05, 4.69) is 0 Å². The van der Waals surface area contributed by atoms with E-state index in [1.54, 1.807) is 6.07 Å². The number of hydrogen-bond acceptors (Lipinski definition) is 4. The number of carbonyl (C=O) groups excluding carboxylic acids is 1. The van der Waals surface area contributed by atoms with Gasteiger partial charge in [-0.2, -0.15) is 13.2 Å². The lowest BCUT2D eigenvalue weighted by molar-refractivity contribution is -0.137. The fourth-order valence-electron chi connectivity index (χ4n) is 3.26. The number of benzene rings is 2. The highest BCUT2D eigenvalue weighted by Crippen LogP contribution is 2.45. The van der Waals surface area contributed by atoms with Crippen molar-refractivity contribution in [3.8, 4) is 15.5 Å². The van der Waals surface area contributed by atoms with Crippen LogP contribution >= 0.6 is 11.3 Å². The molecule has 0 aliphatic heterocycles. The number of amides is 1. The van der Waals surface area contributed by atoms with E-state index in [0.29, 0.717) is 23.3 Å². The first kappa shape index (κ1) is 21.9. The van der Waals surface area contributed by atoms with Crippen molar-refractivity contribution in [2.45, 2.75) is 25.6 Å². The van der Waals surface area contributed by atoms with E-state index < -0.39 is 17.9 Å². The van der Waals surface area contributed by atoms with Gasteiger partial charge in [0.15, 0.2) is 0 Å². The van der Waals surface area contributed by atoms with Crippen LogP contribution in [0.5, 0.6) is 5.06 Å². The highest BCUT2D eigenvalue weighted by molar-refractivity contribution is 7.18. The van der Waals surface area contributed by atoms with Crippen LogP contribution in [0.3, 0.4) is 0 Å². The van der Waals surface area contributed by atoms with Crippen LogP contribution < -0.4 is 9.64 Å². The normalized spacial score (nSPS) is 13.6. The van der Waals surface area contributed by atoms with Gasteiger partial charge in [-0.25, -0.2) is 4.79 Å². The Balaban J connectivity index is 1.72. The van der Waals surface area contributed by atoms with Gasteiger partial charge in [-0.05, 0) is 42.2 Å². The van der Waals surface area contributed by atoms with Gasteiger partial charge in [-0.1, -0.05) is 53.8 Å². The van der Waals surface area contributed by atoms with E-state index in [1.165, 1.54) is 17.0 Å². The summed E-state index contributed by atoms with van der Waals surface area (Å²) < 4.78 is 43.7. The molecule has 0 spiro atoms. The average Bonchev–Trinajstić information content (AvgIpc) is 3.53. The largest absolute Gasteiger partial charge is 0.512 e. The molecule has 4 rings (SSSR count). The first-order valence-electron chi connectivity index (χ1n) is 9.80. The summed E-state index contributed by atoms with van der Waals surface area (Å²) in [6.45, 7) is -0.00554. The van der Waals surface area contributed by atoms with Gasteiger partial charge in [0.1, 0.15) is 0 Å². The van der Waals surface area contributed by atoms with Crippen molar-refractivity contribution in [1.82, 2.24) is 0 Å². The molecule has 0 atom stereocenters. The molecule has 1 N–H and O–H groups in total. The molecular formula is C23H18F3NO4S. The zero-order valence-electron chi connectivity index (χ0n) is 16.6. The van der Waals surface area contributed by atoms with Crippen molar-refractivity contribution >= 4 is 29.1 Å². The van der Waals surface area contributed by atoms with Crippen LogP contribution in [0.4, 0.5) is 23.7 Å². The Kier molecular flexibility index (Phi) is 5.92. The number of halogens is 3. The van der Waals surface area contributed by atoms with E-state index in [0.717, 1.165) is 29.0 Å². The minimum atomic E-state index is -4.46. The monoisotopic (exact) mass is 461 g/mol. The lowest BCUT2D eigenvalue weighted by Crippen LogP contribution is -2.31. The summed E-state index contributed by atoms with van der Waals surface area (Å²) in [6.07, 6.45) is -4.54. The molecule has 1 heterocycles. The van der Waals surface area contributed by atoms with E-state index in [9.17, 15) is 27.9 Å². The predicted octanol–water partition coefficient (Wildman–Crippen LogP) is 6.43. The maximum atomic E-state index is 13.1. The number of anilines is 1. The van der Waals surface area contributed by atoms with Crippen LogP contribution in [0.15, 0.2) is 60.7 Å². The molecule has 1 amide bonds. The first-order valence-corrected chi connectivity index (χ1v) is 10.6. The van der Waals surface area contributed by atoms with Crippen LogP contribution in [0.1, 0.15) is 24.0 Å². The summed E-state index contributed by atoms with van der Waals surface area (Å²) in [7, 11) is 0. The zero-order valence-corrected chi connectivity index (χ0v) is 17.4. The third-order valence-corrected chi connectivity index (χ3v) is 6.07. The fourth-order valence-corrected chi connectivity index (χ4v) is 4.27. The molecule has 9 heteroatoms. The Labute approximate surface area is 185 Å². The highest BCUT2D eigenvalue weighted by atomic mass is 32.1. The average molecular weight is 461 g/mol.